The monoisotopic (exact) mass is 187 g/mol. The number of pyridine rings is 1. The maximum Gasteiger partial charge on any atom is 0.266 e. The normalized spacial score (nSPS) is 10.1. The van der Waals surface area contributed by atoms with Gasteiger partial charge in [-0.15, -0.1) is 0 Å². The molecule has 68 valence electrons. The van der Waals surface area contributed by atoms with E-state index in [1.165, 1.54) is 6.07 Å². The third kappa shape index (κ3) is 1.69. The Labute approximate surface area is 71.6 Å². The van der Waals surface area contributed by atoms with Gasteiger partial charge in [0.15, 0.2) is 11.5 Å². The van der Waals surface area contributed by atoms with Gasteiger partial charge in [0.2, 0.25) is 0 Å². The first kappa shape index (κ1) is 9.32. The number of halogens is 3. The number of nitrogens with two attached hydrogens (primary N) is 1. The predicted octanol–water partition coefficient (Wildman–Crippen LogP) is 1.61. The van der Waals surface area contributed by atoms with Crippen LogP contribution in [-0.2, 0) is 0 Å². The van der Waals surface area contributed by atoms with Gasteiger partial charge in [-0.3, -0.25) is 0 Å². The van der Waals surface area contributed by atoms with Crippen LogP contribution in [0.5, 0.6) is 0 Å². The van der Waals surface area contributed by atoms with Gasteiger partial charge in [-0.25, -0.2) is 18.2 Å². The molecule has 1 aromatic heterocycles. The Kier molecular flexibility index (Phi) is 2.37. The Morgan fingerprint density at radius 1 is 1.54 bits per heavy atom. The lowest BCUT2D eigenvalue weighted by atomic mass is 10.2. The van der Waals surface area contributed by atoms with Crippen LogP contribution >= 0.6 is 0 Å². The van der Waals surface area contributed by atoms with Crippen molar-refractivity contribution in [3.8, 4) is 6.07 Å². The third-order valence-corrected chi connectivity index (χ3v) is 1.35. The number of nitrogen functional groups attached to an aromatic ring is 1. The molecule has 0 fully saturated rings. The second-order valence-electron chi connectivity index (χ2n) is 2.21. The second kappa shape index (κ2) is 3.31. The van der Waals surface area contributed by atoms with Gasteiger partial charge in [0.05, 0.1) is 5.56 Å². The topological polar surface area (TPSA) is 62.7 Å². The summed E-state index contributed by atoms with van der Waals surface area (Å²) in [5.74, 6) is -1.61. The summed E-state index contributed by atoms with van der Waals surface area (Å²) in [4.78, 5) is 3.24. The Balaban J connectivity index is 3.38. The van der Waals surface area contributed by atoms with E-state index in [1.807, 2.05) is 0 Å². The average molecular weight is 187 g/mol. The summed E-state index contributed by atoms with van der Waals surface area (Å²) in [6, 6.07) is 2.04. The van der Waals surface area contributed by atoms with Crippen LogP contribution in [0, 0.1) is 17.1 Å². The van der Waals surface area contributed by atoms with Gasteiger partial charge in [0.1, 0.15) is 11.9 Å². The standard InChI is InChI=1S/C7H4F3N3/c8-6-3(7(9)10)1-5(12)13-4(6)2-11/h1,7H,(H2,12,13). The van der Waals surface area contributed by atoms with Crippen LogP contribution < -0.4 is 5.73 Å². The minimum atomic E-state index is -3.00. The number of anilines is 1. The first-order valence-electron chi connectivity index (χ1n) is 3.20. The number of alkyl halides is 2. The molecule has 2 N–H and O–H groups in total. The lowest BCUT2D eigenvalue weighted by Crippen LogP contribution is -2.01. The molecule has 0 saturated carbocycles. The molecule has 13 heavy (non-hydrogen) atoms. The average Bonchev–Trinajstić information content (AvgIpc) is 2.08. The summed E-state index contributed by atoms with van der Waals surface area (Å²) in [6.07, 6.45) is -3.00. The van der Waals surface area contributed by atoms with E-state index in [2.05, 4.69) is 4.98 Å². The minimum absolute atomic E-state index is 0.298. The van der Waals surface area contributed by atoms with E-state index in [1.54, 1.807) is 0 Å². The lowest BCUT2D eigenvalue weighted by Gasteiger charge is -2.03. The molecule has 0 unspecified atom stereocenters. The molecule has 6 heteroatoms. The highest BCUT2D eigenvalue weighted by atomic mass is 19.3. The second-order valence-corrected chi connectivity index (χ2v) is 2.21. The highest BCUT2D eigenvalue weighted by Crippen LogP contribution is 2.24. The molecule has 0 atom stereocenters. The van der Waals surface area contributed by atoms with Gasteiger partial charge in [0, 0.05) is 0 Å². The lowest BCUT2D eigenvalue weighted by molar-refractivity contribution is 0.146. The molecule has 0 spiro atoms. The molecule has 0 aliphatic rings. The molecule has 0 aliphatic carbocycles. The molecule has 0 saturated heterocycles. The van der Waals surface area contributed by atoms with Crippen molar-refractivity contribution in [3.05, 3.63) is 23.1 Å². The Hall–Kier alpha value is -1.77. The number of hydrogen-bond donors (Lipinski definition) is 1. The molecule has 0 aliphatic heterocycles. The van der Waals surface area contributed by atoms with Gasteiger partial charge in [-0.1, -0.05) is 0 Å². The van der Waals surface area contributed by atoms with Crippen molar-refractivity contribution in [2.45, 2.75) is 6.43 Å². The summed E-state index contributed by atoms with van der Waals surface area (Å²) in [7, 11) is 0. The summed E-state index contributed by atoms with van der Waals surface area (Å²) in [5.41, 5.74) is 3.47. The number of aromatic nitrogens is 1. The molecule has 0 bridgehead atoms. The smallest absolute Gasteiger partial charge is 0.266 e. The Morgan fingerprint density at radius 3 is 2.62 bits per heavy atom. The largest absolute Gasteiger partial charge is 0.384 e. The quantitative estimate of drug-likeness (QED) is 0.726. The van der Waals surface area contributed by atoms with E-state index in [0.717, 1.165) is 0 Å². The molecule has 0 aromatic carbocycles. The first-order chi connectivity index (χ1) is 6.06. The van der Waals surface area contributed by atoms with Crippen LogP contribution in [0.2, 0.25) is 0 Å². The maximum atomic E-state index is 12.9. The molecule has 0 amide bonds. The SMILES string of the molecule is N#Cc1nc(N)cc(C(F)F)c1F. The van der Waals surface area contributed by atoms with Crippen molar-refractivity contribution in [2.75, 3.05) is 5.73 Å². The molecular formula is C7H4F3N3. The molecule has 0 radical (unpaired) electrons. The predicted molar refractivity (Wildman–Crippen MR) is 38.3 cm³/mol. The van der Waals surface area contributed by atoms with Gasteiger partial charge < -0.3 is 5.73 Å². The van der Waals surface area contributed by atoms with Gasteiger partial charge >= 0.3 is 0 Å². The van der Waals surface area contributed by atoms with Crippen LogP contribution in [0.1, 0.15) is 17.7 Å². The fraction of sp³-hybridized carbons (Fsp3) is 0.143. The fourth-order valence-corrected chi connectivity index (χ4v) is 0.803. The van der Waals surface area contributed by atoms with Crippen molar-refractivity contribution in [1.82, 2.24) is 4.98 Å². The highest BCUT2D eigenvalue weighted by molar-refractivity contribution is 5.40. The summed E-state index contributed by atoms with van der Waals surface area (Å²) in [5, 5.41) is 8.30. The van der Waals surface area contributed by atoms with Gasteiger partial charge in [-0.2, -0.15) is 5.26 Å². The van der Waals surface area contributed by atoms with E-state index in [9.17, 15) is 13.2 Å². The van der Waals surface area contributed by atoms with Gasteiger partial charge in [-0.05, 0) is 6.07 Å². The van der Waals surface area contributed by atoms with E-state index in [-0.39, 0.29) is 5.82 Å². The van der Waals surface area contributed by atoms with E-state index in [4.69, 9.17) is 11.0 Å². The third-order valence-electron chi connectivity index (χ3n) is 1.35. The van der Waals surface area contributed by atoms with Crippen LogP contribution in [0.25, 0.3) is 0 Å². The van der Waals surface area contributed by atoms with Crippen molar-refractivity contribution >= 4 is 5.82 Å². The minimum Gasteiger partial charge on any atom is -0.384 e. The number of nitrogens with zero attached hydrogens (tertiary/aromatic N) is 2. The van der Waals surface area contributed by atoms with Crippen molar-refractivity contribution in [1.29, 1.82) is 5.26 Å². The van der Waals surface area contributed by atoms with Crippen molar-refractivity contribution < 1.29 is 13.2 Å². The molecule has 1 heterocycles. The van der Waals surface area contributed by atoms with E-state index >= 15 is 0 Å². The van der Waals surface area contributed by atoms with Crippen molar-refractivity contribution in [3.63, 3.8) is 0 Å². The summed E-state index contributed by atoms with van der Waals surface area (Å²) in [6.45, 7) is 0. The van der Waals surface area contributed by atoms with Crippen LogP contribution in [-0.4, -0.2) is 4.98 Å². The molecule has 3 nitrogen and oxygen atoms in total. The summed E-state index contributed by atoms with van der Waals surface area (Å²) < 4.78 is 37.1. The fourth-order valence-electron chi connectivity index (χ4n) is 0.803. The highest BCUT2D eigenvalue weighted by Gasteiger charge is 2.18. The number of hydrogen-bond acceptors (Lipinski definition) is 3. The molecule has 1 rings (SSSR count). The van der Waals surface area contributed by atoms with E-state index < -0.39 is 23.5 Å². The first-order valence-corrected chi connectivity index (χ1v) is 3.20. The Morgan fingerprint density at radius 2 is 2.15 bits per heavy atom. The van der Waals surface area contributed by atoms with Crippen LogP contribution in [0.4, 0.5) is 19.0 Å². The zero-order valence-electron chi connectivity index (χ0n) is 6.26. The zero-order chi connectivity index (χ0) is 10.0. The Bertz CT molecular complexity index is 370. The van der Waals surface area contributed by atoms with Gasteiger partial charge in [0.25, 0.3) is 6.43 Å². The zero-order valence-corrected chi connectivity index (χ0v) is 6.26. The number of nitriles is 1. The summed E-state index contributed by atoms with van der Waals surface area (Å²) >= 11 is 0. The van der Waals surface area contributed by atoms with E-state index in [0.29, 0.717) is 6.07 Å². The van der Waals surface area contributed by atoms with Crippen LogP contribution in [0.15, 0.2) is 6.07 Å². The van der Waals surface area contributed by atoms with Crippen molar-refractivity contribution in [2.24, 2.45) is 0 Å². The molecule has 1 aromatic rings. The molecular weight excluding hydrogens is 183 g/mol. The number of rotatable bonds is 1. The maximum absolute atomic E-state index is 12.9. The van der Waals surface area contributed by atoms with Crippen LogP contribution in [0.3, 0.4) is 0 Å².